The average Bonchev–Trinajstić information content (AvgIpc) is 3.28. The van der Waals surface area contributed by atoms with E-state index < -0.39 is 0 Å². The average molecular weight is 599 g/mol. The van der Waals surface area contributed by atoms with Gasteiger partial charge in [-0.3, -0.25) is 18.9 Å². The molecule has 4 aromatic rings. The van der Waals surface area contributed by atoms with Gasteiger partial charge in [-0.2, -0.15) is 0 Å². The zero-order valence-electron chi connectivity index (χ0n) is 23.6. The number of thioether (sulfide) groups is 1. The van der Waals surface area contributed by atoms with Crippen LogP contribution in [0.1, 0.15) is 27.8 Å². The lowest BCUT2D eigenvalue weighted by molar-refractivity contribution is -0.122. The Bertz CT molecular complexity index is 1820. The molecule has 42 heavy (non-hydrogen) atoms. The first-order chi connectivity index (χ1) is 20.4. The number of methoxy groups -OCH3 is 2. The zero-order chi connectivity index (χ0) is 29.4. The minimum absolute atomic E-state index is 0.214. The molecule has 0 spiro atoms. The minimum atomic E-state index is -0.215. The molecule has 6 rings (SSSR count). The molecule has 2 aliphatic heterocycles. The largest absolute Gasteiger partial charge is 0.493 e. The monoisotopic (exact) mass is 598 g/mol. The first-order valence-corrected chi connectivity index (χ1v) is 14.9. The third-order valence-electron chi connectivity index (χ3n) is 7.64. The Labute approximate surface area is 253 Å². The first-order valence-electron chi connectivity index (χ1n) is 13.7. The van der Waals surface area contributed by atoms with Gasteiger partial charge in [0.2, 0.25) is 0 Å². The van der Waals surface area contributed by atoms with Gasteiger partial charge in [0.15, 0.2) is 11.5 Å². The van der Waals surface area contributed by atoms with E-state index in [9.17, 15) is 9.59 Å². The summed E-state index contributed by atoms with van der Waals surface area (Å²) in [6, 6.07) is 17.8. The van der Waals surface area contributed by atoms with Crippen LogP contribution >= 0.6 is 24.0 Å². The second-order valence-electron chi connectivity index (χ2n) is 10.3. The fraction of sp³-hybridized carbons (Fsp3) is 0.250. The normalized spacial score (nSPS) is 15.9. The van der Waals surface area contributed by atoms with E-state index in [0.29, 0.717) is 57.3 Å². The van der Waals surface area contributed by atoms with Crippen LogP contribution in [0.3, 0.4) is 0 Å². The van der Waals surface area contributed by atoms with Crippen LogP contribution in [0.15, 0.2) is 70.5 Å². The molecule has 0 N–H and O–H groups in total. The number of fused-ring (bicyclic) bond motifs is 2. The topological polar surface area (TPSA) is 76.4 Å². The summed E-state index contributed by atoms with van der Waals surface area (Å²) in [5.41, 5.74) is 5.19. The molecule has 0 bridgehead atoms. The number of rotatable bonds is 7. The molecule has 0 atom stereocenters. The highest BCUT2D eigenvalue weighted by atomic mass is 32.2. The van der Waals surface area contributed by atoms with E-state index in [-0.39, 0.29) is 11.5 Å². The molecular formula is C32H30N4O4S2. The standard InChI is InChI=1S/C32H30N4O4S2/c1-20-8-11-28-33-29(34-14-13-22-6-4-5-7-23(22)19-34)24(30(37)36(28)18-20)17-27-31(38)35(32(41)42-27)15-12-21-9-10-25(39-2)26(16-21)40-3/h4-11,16-18H,12-15,19H2,1-3H3/b27-17+. The number of carbonyl (C=O) groups excluding carboxylic acids is 1. The molecule has 8 nitrogen and oxygen atoms in total. The van der Waals surface area contributed by atoms with Crippen LogP contribution in [0, 0.1) is 6.92 Å². The minimum Gasteiger partial charge on any atom is -0.493 e. The quantitative estimate of drug-likeness (QED) is 0.217. The van der Waals surface area contributed by atoms with Gasteiger partial charge in [0.1, 0.15) is 15.8 Å². The lowest BCUT2D eigenvalue weighted by Gasteiger charge is -2.30. The van der Waals surface area contributed by atoms with Gasteiger partial charge in [0.05, 0.1) is 24.7 Å². The molecule has 2 aromatic carbocycles. The molecule has 0 saturated carbocycles. The van der Waals surface area contributed by atoms with Crippen LogP contribution in [-0.2, 0) is 24.2 Å². The maximum atomic E-state index is 13.9. The number of pyridine rings is 1. The van der Waals surface area contributed by atoms with Gasteiger partial charge in [0.25, 0.3) is 11.5 Å². The third-order valence-corrected chi connectivity index (χ3v) is 9.01. The van der Waals surface area contributed by atoms with Gasteiger partial charge in [-0.15, -0.1) is 0 Å². The Kier molecular flexibility index (Phi) is 7.74. The van der Waals surface area contributed by atoms with E-state index >= 15 is 0 Å². The molecule has 2 aromatic heterocycles. The van der Waals surface area contributed by atoms with E-state index in [1.54, 1.807) is 35.8 Å². The summed E-state index contributed by atoms with van der Waals surface area (Å²) in [4.78, 5) is 36.6. The predicted molar refractivity (Wildman–Crippen MR) is 171 cm³/mol. The molecule has 0 unspecified atom stereocenters. The third kappa shape index (κ3) is 5.28. The Hall–Kier alpha value is -4.15. The number of benzene rings is 2. The molecule has 1 amide bonds. The van der Waals surface area contributed by atoms with Crippen molar-refractivity contribution in [1.29, 1.82) is 0 Å². The van der Waals surface area contributed by atoms with Gasteiger partial charge in [0, 0.05) is 25.8 Å². The Morgan fingerprint density at radius 3 is 2.60 bits per heavy atom. The van der Waals surface area contributed by atoms with Crippen molar-refractivity contribution in [1.82, 2.24) is 14.3 Å². The predicted octanol–water partition coefficient (Wildman–Crippen LogP) is 5.03. The number of thiocarbonyl (C=S) groups is 1. The van der Waals surface area contributed by atoms with E-state index in [0.717, 1.165) is 24.1 Å². The van der Waals surface area contributed by atoms with Gasteiger partial charge in [-0.25, -0.2) is 4.98 Å². The molecule has 4 heterocycles. The second-order valence-corrected chi connectivity index (χ2v) is 12.0. The van der Waals surface area contributed by atoms with E-state index in [2.05, 4.69) is 23.1 Å². The van der Waals surface area contributed by atoms with E-state index in [1.165, 1.54) is 22.9 Å². The second kappa shape index (κ2) is 11.6. The summed E-state index contributed by atoms with van der Waals surface area (Å²) < 4.78 is 12.8. The molecule has 2 aliphatic rings. The smallest absolute Gasteiger partial charge is 0.267 e. The van der Waals surface area contributed by atoms with Crippen molar-refractivity contribution >= 4 is 51.7 Å². The van der Waals surface area contributed by atoms with Crippen molar-refractivity contribution in [3.63, 3.8) is 0 Å². The van der Waals surface area contributed by atoms with Crippen molar-refractivity contribution in [2.24, 2.45) is 0 Å². The fourth-order valence-corrected chi connectivity index (χ4v) is 6.68. The van der Waals surface area contributed by atoms with Crippen LogP contribution in [0.4, 0.5) is 5.82 Å². The van der Waals surface area contributed by atoms with Crippen molar-refractivity contribution in [2.45, 2.75) is 26.3 Å². The molecule has 0 radical (unpaired) electrons. The summed E-state index contributed by atoms with van der Waals surface area (Å²) in [6.07, 6.45) is 4.89. The fourth-order valence-electron chi connectivity index (χ4n) is 5.39. The van der Waals surface area contributed by atoms with Gasteiger partial charge in [-0.1, -0.05) is 60.4 Å². The van der Waals surface area contributed by atoms with Crippen LogP contribution in [0.25, 0.3) is 11.7 Å². The lowest BCUT2D eigenvalue weighted by Crippen LogP contribution is -2.34. The molecule has 1 saturated heterocycles. The number of amides is 1. The molecule has 1 fully saturated rings. The number of hydrogen-bond acceptors (Lipinski definition) is 8. The van der Waals surface area contributed by atoms with Gasteiger partial charge < -0.3 is 14.4 Å². The Balaban J connectivity index is 1.33. The maximum Gasteiger partial charge on any atom is 0.267 e. The highest BCUT2D eigenvalue weighted by Crippen LogP contribution is 2.35. The molecule has 10 heteroatoms. The first kappa shape index (κ1) is 28.0. The maximum absolute atomic E-state index is 13.9. The molecular weight excluding hydrogens is 569 g/mol. The summed E-state index contributed by atoms with van der Waals surface area (Å²) >= 11 is 6.83. The van der Waals surface area contributed by atoms with Crippen LogP contribution in [0.2, 0.25) is 0 Å². The zero-order valence-corrected chi connectivity index (χ0v) is 25.3. The number of ether oxygens (including phenoxy) is 2. The summed E-state index contributed by atoms with van der Waals surface area (Å²) in [5.74, 6) is 1.64. The lowest BCUT2D eigenvalue weighted by atomic mass is 9.99. The number of aromatic nitrogens is 2. The van der Waals surface area contributed by atoms with Crippen molar-refractivity contribution in [2.75, 3.05) is 32.2 Å². The summed E-state index contributed by atoms with van der Waals surface area (Å²) in [7, 11) is 3.19. The molecule has 0 aliphatic carbocycles. The highest BCUT2D eigenvalue weighted by Gasteiger charge is 2.33. The SMILES string of the molecule is COc1ccc(CCN2C(=O)/C(=C\c3c(N4CCc5ccccc5C4)nc4ccc(C)cn4c3=O)SC2=S)cc1OC. The van der Waals surface area contributed by atoms with Crippen LogP contribution < -0.4 is 19.9 Å². The number of carbonyl (C=O) groups is 1. The highest BCUT2D eigenvalue weighted by molar-refractivity contribution is 8.26. The van der Waals surface area contributed by atoms with Crippen LogP contribution in [0.5, 0.6) is 11.5 Å². The Morgan fingerprint density at radius 2 is 1.81 bits per heavy atom. The number of nitrogens with zero attached hydrogens (tertiary/aromatic N) is 4. The Morgan fingerprint density at radius 1 is 1.02 bits per heavy atom. The van der Waals surface area contributed by atoms with E-state index in [4.69, 9.17) is 26.7 Å². The number of hydrogen-bond donors (Lipinski definition) is 0. The number of anilines is 1. The van der Waals surface area contributed by atoms with Crippen molar-refractivity contribution < 1.29 is 14.3 Å². The molecule has 214 valence electrons. The van der Waals surface area contributed by atoms with Crippen LogP contribution in [-0.4, -0.2) is 51.8 Å². The summed E-state index contributed by atoms with van der Waals surface area (Å²) in [6.45, 7) is 3.70. The van der Waals surface area contributed by atoms with Gasteiger partial charge in [-0.05, 0) is 66.3 Å². The van der Waals surface area contributed by atoms with E-state index in [1.807, 2.05) is 43.3 Å². The van der Waals surface area contributed by atoms with Gasteiger partial charge >= 0.3 is 0 Å². The summed E-state index contributed by atoms with van der Waals surface area (Å²) in [5, 5.41) is 0. The van der Waals surface area contributed by atoms with Crippen molar-refractivity contribution in [3.8, 4) is 11.5 Å². The van der Waals surface area contributed by atoms with Crippen molar-refractivity contribution in [3.05, 3.63) is 104 Å². The number of aryl methyl sites for hydroxylation is 1.